The van der Waals surface area contributed by atoms with Crippen molar-refractivity contribution in [2.24, 2.45) is 0 Å². The molecule has 1 unspecified atom stereocenters. The summed E-state index contributed by atoms with van der Waals surface area (Å²) >= 11 is 0. The Balaban J connectivity index is 1.84. The van der Waals surface area contributed by atoms with Gasteiger partial charge >= 0.3 is 0 Å². The number of likely N-dealkylation sites (tertiary alicyclic amines) is 1. The molecule has 1 fully saturated rings. The van der Waals surface area contributed by atoms with Crippen LogP contribution >= 0.6 is 0 Å². The lowest BCUT2D eigenvalue weighted by Gasteiger charge is -2.26. The summed E-state index contributed by atoms with van der Waals surface area (Å²) in [5.74, 6) is -1.87. The SMILES string of the molecule is Cc1c(/C(O)=C2/C(=O)C(=O)N(CCN(C)C)C2c2ccc([N+](=O)[O-])cc2)cnn1-c1ccccc1. The number of nitro groups is 1. The first kappa shape index (κ1) is 23.8. The highest BCUT2D eigenvalue weighted by molar-refractivity contribution is 6.46. The number of aromatic nitrogens is 2. The molecule has 0 saturated carbocycles. The lowest BCUT2D eigenvalue weighted by atomic mass is 9.95. The zero-order valence-corrected chi connectivity index (χ0v) is 19.6. The zero-order chi connectivity index (χ0) is 25.3. The van der Waals surface area contributed by atoms with Gasteiger partial charge < -0.3 is 14.9 Å². The number of hydrogen-bond acceptors (Lipinski definition) is 7. The number of ketones is 1. The number of aliphatic hydroxyl groups is 1. The van der Waals surface area contributed by atoms with Gasteiger partial charge in [0.05, 0.1) is 39.7 Å². The molecule has 0 radical (unpaired) electrons. The van der Waals surface area contributed by atoms with Crippen molar-refractivity contribution in [3.63, 3.8) is 0 Å². The highest BCUT2D eigenvalue weighted by Crippen LogP contribution is 2.40. The minimum absolute atomic E-state index is 0.0710. The number of aliphatic hydroxyl groups excluding tert-OH is 1. The van der Waals surface area contributed by atoms with Gasteiger partial charge in [-0.1, -0.05) is 18.2 Å². The summed E-state index contributed by atoms with van der Waals surface area (Å²) < 4.78 is 1.64. The number of likely N-dealkylation sites (N-methyl/N-ethyl adjacent to an activating group) is 1. The molecule has 1 N–H and O–H groups in total. The third-order valence-electron chi connectivity index (χ3n) is 6.01. The Hall–Kier alpha value is -4.31. The van der Waals surface area contributed by atoms with Crippen LogP contribution in [0.5, 0.6) is 0 Å². The van der Waals surface area contributed by atoms with Gasteiger partial charge in [-0.2, -0.15) is 5.10 Å². The van der Waals surface area contributed by atoms with Crippen molar-refractivity contribution in [3.05, 3.63) is 93.3 Å². The van der Waals surface area contributed by atoms with E-state index in [1.54, 1.807) is 11.6 Å². The number of benzene rings is 2. The fraction of sp³-hybridized carbons (Fsp3) is 0.240. The molecule has 35 heavy (non-hydrogen) atoms. The smallest absolute Gasteiger partial charge is 0.295 e. The summed E-state index contributed by atoms with van der Waals surface area (Å²) in [6.45, 7) is 2.48. The summed E-state index contributed by atoms with van der Waals surface area (Å²) in [7, 11) is 3.69. The third-order valence-corrected chi connectivity index (χ3v) is 6.01. The van der Waals surface area contributed by atoms with E-state index in [-0.39, 0.29) is 23.6 Å². The predicted octanol–water partition coefficient (Wildman–Crippen LogP) is 3.07. The second kappa shape index (κ2) is 9.51. The van der Waals surface area contributed by atoms with E-state index in [1.165, 1.54) is 35.4 Å². The molecule has 10 heteroatoms. The van der Waals surface area contributed by atoms with Gasteiger partial charge in [0.1, 0.15) is 5.76 Å². The number of amides is 1. The number of Topliss-reactive ketones (excluding diaryl/α,β-unsaturated/α-hetero) is 1. The first-order valence-electron chi connectivity index (χ1n) is 11.0. The fourth-order valence-corrected chi connectivity index (χ4v) is 4.16. The van der Waals surface area contributed by atoms with Crippen molar-refractivity contribution in [3.8, 4) is 5.69 Å². The highest BCUT2D eigenvalue weighted by Gasteiger charge is 2.46. The number of non-ortho nitro benzene ring substituents is 1. The van der Waals surface area contributed by atoms with Gasteiger partial charge in [0.2, 0.25) is 0 Å². The van der Waals surface area contributed by atoms with Gasteiger partial charge in [0.25, 0.3) is 17.4 Å². The molecule has 1 aliphatic heterocycles. The summed E-state index contributed by atoms with van der Waals surface area (Å²) in [4.78, 5) is 40.0. The summed E-state index contributed by atoms with van der Waals surface area (Å²) in [6, 6.07) is 14.1. The first-order valence-corrected chi connectivity index (χ1v) is 11.0. The molecule has 1 amide bonds. The number of rotatable bonds is 7. The Morgan fingerprint density at radius 1 is 1.11 bits per heavy atom. The van der Waals surface area contributed by atoms with E-state index in [9.17, 15) is 24.8 Å². The van der Waals surface area contributed by atoms with E-state index in [0.29, 0.717) is 23.4 Å². The van der Waals surface area contributed by atoms with Gasteiger partial charge in [-0.05, 0) is 50.8 Å². The third kappa shape index (κ3) is 4.43. The average molecular weight is 476 g/mol. The standard InChI is InChI=1S/C25H25N5O5/c1-16-20(15-26-29(16)18-7-5-4-6-8-18)23(31)21-22(17-9-11-19(12-10-17)30(34)35)28(14-13-27(2)3)25(33)24(21)32/h4-12,15,22,31H,13-14H2,1-3H3/b23-21-. The summed E-state index contributed by atoms with van der Waals surface area (Å²) in [5.41, 5.74) is 2.00. The molecular weight excluding hydrogens is 450 g/mol. The molecule has 1 aromatic heterocycles. The van der Waals surface area contributed by atoms with E-state index in [2.05, 4.69) is 5.10 Å². The maximum atomic E-state index is 13.2. The number of carbonyl (C=O) groups excluding carboxylic acids is 2. The number of para-hydroxylation sites is 1. The topological polar surface area (TPSA) is 122 Å². The van der Waals surface area contributed by atoms with Crippen LogP contribution in [0.4, 0.5) is 5.69 Å². The van der Waals surface area contributed by atoms with Crippen LogP contribution in [-0.4, -0.2) is 68.5 Å². The second-order valence-electron chi connectivity index (χ2n) is 8.54. The maximum Gasteiger partial charge on any atom is 0.295 e. The zero-order valence-electron chi connectivity index (χ0n) is 19.6. The van der Waals surface area contributed by atoms with Gasteiger partial charge in [0.15, 0.2) is 0 Å². The Bertz CT molecular complexity index is 1310. The normalized spacial score (nSPS) is 17.4. The summed E-state index contributed by atoms with van der Waals surface area (Å²) in [6.07, 6.45) is 1.46. The van der Waals surface area contributed by atoms with Crippen molar-refractivity contribution in [2.45, 2.75) is 13.0 Å². The van der Waals surface area contributed by atoms with Gasteiger partial charge in [-0.25, -0.2) is 4.68 Å². The molecule has 10 nitrogen and oxygen atoms in total. The molecule has 2 heterocycles. The van der Waals surface area contributed by atoms with Crippen LogP contribution in [0.3, 0.4) is 0 Å². The van der Waals surface area contributed by atoms with Gasteiger partial charge in [-0.15, -0.1) is 0 Å². The fourth-order valence-electron chi connectivity index (χ4n) is 4.16. The Labute approximate surface area is 201 Å². The number of nitro benzene ring substituents is 1. The first-order chi connectivity index (χ1) is 16.7. The molecule has 2 aromatic carbocycles. The molecule has 0 spiro atoms. The maximum absolute atomic E-state index is 13.2. The van der Waals surface area contributed by atoms with Crippen molar-refractivity contribution in [1.82, 2.24) is 19.6 Å². The molecule has 4 rings (SSSR count). The Morgan fingerprint density at radius 2 is 1.77 bits per heavy atom. The van der Waals surface area contributed by atoms with Crippen molar-refractivity contribution in [2.75, 3.05) is 27.2 Å². The van der Waals surface area contributed by atoms with Crippen LogP contribution in [0.1, 0.15) is 22.9 Å². The molecule has 1 saturated heterocycles. The van der Waals surface area contributed by atoms with Crippen LogP contribution in [0, 0.1) is 17.0 Å². The van der Waals surface area contributed by atoms with E-state index < -0.39 is 22.7 Å². The molecule has 180 valence electrons. The average Bonchev–Trinajstić information content (AvgIpc) is 3.35. The molecule has 0 bridgehead atoms. The minimum atomic E-state index is -0.893. The molecular formula is C25H25N5O5. The quantitative estimate of drug-likeness (QED) is 0.183. The van der Waals surface area contributed by atoms with E-state index >= 15 is 0 Å². The van der Waals surface area contributed by atoms with Crippen molar-refractivity contribution in [1.29, 1.82) is 0 Å². The minimum Gasteiger partial charge on any atom is -0.507 e. The van der Waals surface area contributed by atoms with Gasteiger partial charge in [-0.3, -0.25) is 19.7 Å². The predicted molar refractivity (Wildman–Crippen MR) is 129 cm³/mol. The Kier molecular flexibility index (Phi) is 6.48. The largest absolute Gasteiger partial charge is 0.507 e. The Morgan fingerprint density at radius 3 is 2.37 bits per heavy atom. The van der Waals surface area contributed by atoms with Gasteiger partial charge in [0, 0.05) is 25.2 Å². The van der Waals surface area contributed by atoms with Crippen molar-refractivity contribution < 1.29 is 19.6 Å². The monoisotopic (exact) mass is 475 g/mol. The van der Waals surface area contributed by atoms with E-state index in [4.69, 9.17) is 0 Å². The number of hydrogen-bond donors (Lipinski definition) is 1. The molecule has 1 aliphatic rings. The van der Waals surface area contributed by atoms with E-state index in [1.807, 2.05) is 49.3 Å². The number of carbonyl (C=O) groups is 2. The number of nitrogens with zero attached hydrogens (tertiary/aromatic N) is 5. The summed E-state index contributed by atoms with van der Waals surface area (Å²) in [5, 5.41) is 26.8. The van der Waals surface area contributed by atoms with Crippen LogP contribution in [0.2, 0.25) is 0 Å². The van der Waals surface area contributed by atoms with Crippen LogP contribution < -0.4 is 0 Å². The van der Waals surface area contributed by atoms with E-state index in [0.717, 1.165) is 5.69 Å². The van der Waals surface area contributed by atoms with Crippen LogP contribution in [0.25, 0.3) is 11.4 Å². The lowest BCUT2D eigenvalue weighted by molar-refractivity contribution is -0.384. The van der Waals surface area contributed by atoms with Crippen molar-refractivity contribution >= 4 is 23.1 Å². The van der Waals surface area contributed by atoms with Crippen LogP contribution in [0.15, 0.2) is 66.4 Å². The molecule has 3 aromatic rings. The van der Waals surface area contributed by atoms with Crippen LogP contribution in [-0.2, 0) is 9.59 Å². The molecule has 0 aliphatic carbocycles. The lowest BCUT2D eigenvalue weighted by Crippen LogP contribution is -2.35. The highest BCUT2D eigenvalue weighted by atomic mass is 16.6. The second-order valence-corrected chi connectivity index (χ2v) is 8.54. The molecule has 1 atom stereocenters.